The second-order valence-electron chi connectivity index (χ2n) is 6.26. The molecule has 0 atom stereocenters. The van der Waals surface area contributed by atoms with Crippen LogP contribution in [0.15, 0.2) is 22.8 Å². The first-order chi connectivity index (χ1) is 11.8. The maximum Gasteiger partial charge on any atom is 0.419 e. The smallest absolute Gasteiger partial charge is 0.419 e. The standard InChI is InChI=1S/C17H22N2O5S/c1-6-23-15(20)12(18-22-5)9-11-10-19(13-7-8-25-14(11)13)16(21)24-17(2,3)4/h7-8,10H,6,9H2,1-5H3/b18-12+. The number of thiophene rings is 1. The van der Waals surface area contributed by atoms with Gasteiger partial charge in [-0.3, -0.25) is 4.57 Å². The molecule has 0 aliphatic carbocycles. The van der Waals surface area contributed by atoms with E-state index in [1.54, 1.807) is 13.1 Å². The van der Waals surface area contributed by atoms with Crippen LogP contribution in [0.4, 0.5) is 4.79 Å². The normalized spacial score (nSPS) is 12.3. The molecule has 0 fully saturated rings. The summed E-state index contributed by atoms with van der Waals surface area (Å²) in [6.45, 7) is 7.40. The van der Waals surface area contributed by atoms with Crippen LogP contribution in [-0.4, -0.2) is 41.7 Å². The lowest BCUT2D eigenvalue weighted by Crippen LogP contribution is -2.26. The highest BCUT2D eigenvalue weighted by Crippen LogP contribution is 2.28. The molecule has 0 bridgehead atoms. The molecule has 0 saturated heterocycles. The number of esters is 1. The van der Waals surface area contributed by atoms with Gasteiger partial charge in [-0.25, -0.2) is 9.59 Å². The first-order valence-corrected chi connectivity index (χ1v) is 8.72. The average Bonchev–Trinajstić information content (AvgIpc) is 3.08. The molecular formula is C17H22N2O5S. The minimum absolute atomic E-state index is 0.140. The molecule has 0 aromatic carbocycles. The first kappa shape index (κ1) is 19.0. The van der Waals surface area contributed by atoms with E-state index in [0.29, 0.717) is 0 Å². The van der Waals surface area contributed by atoms with Crippen molar-refractivity contribution in [3.63, 3.8) is 0 Å². The number of ether oxygens (including phenoxy) is 2. The van der Waals surface area contributed by atoms with Gasteiger partial charge in [0.2, 0.25) is 0 Å². The van der Waals surface area contributed by atoms with E-state index >= 15 is 0 Å². The second-order valence-corrected chi connectivity index (χ2v) is 7.17. The number of fused-ring (bicyclic) bond motifs is 1. The predicted molar refractivity (Wildman–Crippen MR) is 96.2 cm³/mol. The van der Waals surface area contributed by atoms with Crippen LogP contribution < -0.4 is 0 Å². The van der Waals surface area contributed by atoms with Crippen molar-refractivity contribution in [3.05, 3.63) is 23.2 Å². The molecule has 2 aromatic rings. The predicted octanol–water partition coefficient (Wildman–Crippen LogP) is 3.59. The molecule has 25 heavy (non-hydrogen) atoms. The van der Waals surface area contributed by atoms with Crippen molar-refractivity contribution in [1.82, 2.24) is 4.57 Å². The van der Waals surface area contributed by atoms with Gasteiger partial charge in [0.15, 0.2) is 5.71 Å². The number of carbonyl (C=O) groups is 2. The van der Waals surface area contributed by atoms with Crippen molar-refractivity contribution >= 4 is 39.3 Å². The van der Waals surface area contributed by atoms with E-state index in [-0.39, 0.29) is 18.7 Å². The topological polar surface area (TPSA) is 79.1 Å². The van der Waals surface area contributed by atoms with Gasteiger partial charge in [-0.2, -0.15) is 0 Å². The summed E-state index contributed by atoms with van der Waals surface area (Å²) in [4.78, 5) is 29.2. The molecule has 0 saturated carbocycles. The summed E-state index contributed by atoms with van der Waals surface area (Å²) in [5.41, 5.74) is 1.05. The monoisotopic (exact) mass is 366 g/mol. The van der Waals surface area contributed by atoms with Gasteiger partial charge in [0.1, 0.15) is 12.7 Å². The molecule has 0 spiro atoms. The average molecular weight is 366 g/mol. The third-order valence-corrected chi connectivity index (χ3v) is 4.12. The number of oxime groups is 1. The summed E-state index contributed by atoms with van der Waals surface area (Å²) in [6, 6.07) is 1.84. The van der Waals surface area contributed by atoms with Crippen LogP contribution in [0.25, 0.3) is 10.2 Å². The Hall–Kier alpha value is -2.35. The molecule has 2 aromatic heterocycles. The highest BCUT2D eigenvalue weighted by molar-refractivity contribution is 7.17. The van der Waals surface area contributed by atoms with Crippen LogP contribution in [0, 0.1) is 0 Å². The summed E-state index contributed by atoms with van der Waals surface area (Å²) in [6.07, 6.45) is 1.39. The molecule has 0 amide bonds. The lowest BCUT2D eigenvalue weighted by molar-refractivity contribution is -0.135. The van der Waals surface area contributed by atoms with Crippen molar-refractivity contribution < 1.29 is 23.9 Å². The van der Waals surface area contributed by atoms with Crippen molar-refractivity contribution in [2.75, 3.05) is 13.7 Å². The molecule has 0 aliphatic heterocycles. The molecule has 2 rings (SSSR count). The van der Waals surface area contributed by atoms with Gasteiger partial charge in [-0.15, -0.1) is 11.3 Å². The van der Waals surface area contributed by atoms with Crippen LogP contribution in [0.3, 0.4) is 0 Å². The number of hydrogen-bond donors (Lipinski definition) is 0. The number of rotatable bonds is 5. The van der Waals surface area contributed by atoms with Gasteiger partial charge < -0.3 is 14.3 Å². The van der Waals surface area contributed by atoms with Crippen LogP contribution in [0.1, 0.15) is 33.3 Å². The van der Waals surface area contributed by atoms with Gasteiger partial charge in [0.25, 0.3) is 0 Å². The molecule has 136 valence electrons. The summed E-state index contributed by atoms with van der Waals surface area (Å²) >= 11 is 1.48. The summed E-state index contributed by atoms with van der Waals surface area (Å²) in [5, 5.41) is 5.65. The lowest BCUT2D eigenvalue weighted by Gasteiger charge is -2.19. The quantitative estimate of drug-likeness (QED) is 0.459. The van der Waals surface area contributed by atoms with E-state index in [2.05, 4.69) is 5.16 Å². The Morgan fingerprint density at radius 1 is 1.32 bits per heavy atom. The number of hydrogen-bond acceptors (Lipinski definition) is 7. The highest BCUT2D eigenvalue weighted by atomic mass is 32.1. The molecule has 0 unspecified atom stereocenters. The summed E-state index contributed by atoms with van der Waals surface area (Å²) in [5.74, 6) is -0.543. The van der Waals surface area contributed by atoms with E-state index in [9.17, 15) is 9.59 Å². The first-order valence-electron chi connectivity index (χ1n) is 7.84. The van der Waals surface area contributed by atoms with E-state index in [0.717, 1.165) is 15.8 Å². The number of nitrogens with zero attached hydrogens (tertiary/aromatic N) is 2. The fraction of sp³-hybridized carbons (Fsp3) is 0.471. The van der Waals surface area contributed by atoms with Gasteiger partial charge in [0.05, 0.1) is 16.8 Å². The van der Waals surface area contributed by atoms with E-state index < -0.39 is 17.7 Å². The Balaban J connectivity index is 2.36. The second kappa shape index (κ2) is 7.69. The fourth-order valence-corrected chi connectivity index (χ4v) is 3.15. The van der Waals surface area contributed by atoms with Gasteiger partial charge in [0, 0.05) is 12.6 Å². The Morgan fingerprint density at radius 2 is 2.04 bits per heavy atom. The largest absolute Gasteiger partial charge is 0.461 e. The fourth-order valence-electron chi connectivity index (χ4n) is 2.25. The van der Waals surface area contributed by atoms with E-state index in [1.165, 1.54) is 23.0 Å². The molecular weight excluding hydrogens is 344 g/mol. The molecule has 2 heterocycles. The Bertz CT molecular complexity index is 798. The zero-order valence-electron chi connectivity index (χ0n) is 15.0. The van der Waals surface area contributed by atoms with Crippen molar-refractivity contribution in [1.29, 1.82) is 0 Å². The molecule has 0 aliphatic rings. The van der Waals surface area contributed by atoms with Gasteiger partial charge >= 0.3 is 12.1 Å². The summed E-state index contributed by atoms with van der Waals surface area (Å²) in [7, 11) is 1.37. The minimum atomic E-state index is -0.600. The van der Waals surface area contributed by atoms with Crippen LogP contribution in [0.5, 0.6) is 0 Å². The van der Waals surface area contributed by atoms with Crippen molar-refractivity contribution in [2.45, 2.75) is 39.7 Å². The Kier molecular flexibility index (Phi) is 5.84. The van der Waals surface area contributed by atoms with Crippen LogP contribution in [0.2, 0.25) is 0 Å². The zero-order valence-corrected chi connectivity index (χ0v) is 15.8. The van der Waals surface area contributed by atoms with Crippen molar-refractivity contribution in [2.24, 2.45) is 5.16 Å². The van der Waals surface area contributed by atoms with E-state index in [4.69, 9.17) is 14.3 Å². The van der Waals surface area contributed by atoms with Crippen molar-refractivity contribution in [3.8, 4) is 0 Å². The van der Waals surface area contributed by atoms with E-state index in [1.807, 2.05) is 32.2 Å². The lowest BCUT2D eigenvalue weighted by atomic mass is 10.1. The minimum Gasteiger partial charge on any atom is -0.461 e. The maximum absolute atomic E-state index is 12.4. The number of carbonyl (C=O) groups excluding carboxylic acids is 2. The molecule has 7 nitrogen and oxygen atoms in total. The third kappa shape index (κ3) is 4.60. The Labute approximate surface area is 150 Å². The summed E-state index contributed by atoms with van der Waals surface area (Å²) < 4.78 is 12.8. The zero-order chi connectivity index (χ0) is 18.6. The van der Waals surface area contributed by atoms with Crippen LogP contribution in [-0.2, 0) is 25.5 Å². The van der Waals surface area contributed by atoms with Crippen LogP contribution >= 0.6 is 11.3 Å². The Morgan fingerprint density at radius 3 is 2.64 bits per heavy atom. The van der Waals surface area contributed by atoms with Gasteiger partial charge in [-0.05, 0) is 44.7 Å². The highest BCUT2D eigenvalue weighted by Gasteiger charge is 2.23. The molecule has 0 radical (unpaired) electrons. The van der Waals surface area contributed by atoms with Gasteiger partial charge in [-0.1, -0.05) is 5.16 Å². The third-order valence-electron chi connectivity index (χ3n) is 3.14. The SMILES string of the molecule is CCOC(=O)/C(Cc1cn(C(=O)OC(C)(C)C)c2ccsc12)=N/OC. The number of aromatic nitrogens is 1. The molecule has 0 N–H and O–H groups in total. The molecule has 8 heteroatoms. The maximum atomic E-state index is 12.4.